The number of rotatable bonds is 7. The van der Waals surface area contributed by atoms with Gasteiger partial charge >= 0.3 is 5.69 Å². The maximum Gasteiger partial charge on any atom is 0.328 e. The Bertz CT molecular complexity index is 1290. The van der Waals surface area contributed by atoms with E-state index in [0.717, 1.165) is 16.7 Å². The summed E-state index contributed by atoms with van der Waals surface area (Å²) in [7, 11) is 0. The maximum absolute atomic E-state index is 12.3. The smallest absolute Gasteiger partial charge is 0.328 e. The van der Waals surface area contributed by atoms with Gasteiger partial charge in [0, 0.05) is 24.2 Å². The van der Waals surface area contributed by atoms with Crippen molar-refractivity contribution in [2.24, 2.45) is 5.92 Å². The Balaban J connectivity index is 1.44. The molecule has 0 bridgehead atoms. The van der Waals surface area contributed by atoms with Gasteiger partial charge in [0.25, 0.3) is 5.56 Å². The molecule has 0 unspecified atom stereocenters. The number of aliphatic hydroxyl groups is 1. The molecule has 1 aliphatic rings. The molecule has 5 rings (SSSR count). The molecule has 1 aliphatic carbocycles. The second-order valence-corrected chi connectivity index (χ2v) is 9.40. The quantitative estimate of drug-likeness (QED) is 0.386. The van der Waals surface area contributed by atoms with Crippen molar-refractivity contribution in [3.05, 3.63) is 141 Å². The first-order valence-corrected chi connectivity index (χ1v) is 12.4. The Morgan fingerprint density at radius 2 is 1.33 bits per heavy atom. The van der Waals surface area contributed by atoms with Crippen LogP contribution in [0.25, 0.3) is 0 Å². The lowest BCUT2D eigenvalue weighted by Gasteiger charge is -2.39. The summed E-state index contributed by atoms with van der Waals surface area (Å²) in [5.74, 6) is -0.0878. The highest BCUT2D eigenvalue weighted by Gasteiger charge is 2.40. The van der Waals surface area contributed by atoms with Gasteiger partial charge in [0.05, 0.1) is 12.7 Å². The molecule has 36 heavy (non-hydrogen) atoms. The molecule has 3 aromatic carbocycles. The number of ether oxygens (including phenoxy) is 1. The molecule has 6 heteroatoms. The van der Waals surface area contributed by atoms with Crippen molar-refractivity contribution >= 4 is 0 Å². The predicted octanol–water partition coefficient (Wildman–Crippen LogP) is 4.25. The summed E-state index contributed by atoms with van der Waals surface area (Å²) >= 11 is 0. The zero-order valence-electron chi connectivity index (χ0n) is 20.0. The maximum atomic E-state index is 12.3. The van der Waals surface area contributed by atoms with Crippen LogP contribution in [0.5, 0.6) is 0 Å². The van der Waals surface area contributed by atoms with Crippen LogP contribution in [0.15, 0.2) is 113 Å². The lowest BCUT2D eigenvalue weighted by molar-refractivity contribution is -0.0556. The third-order valence-corrected chi connectivity index (χ3v) is 7.23. The van der Waals surface area contributed by atoms with Crippen LogP contribution in [-0.4, -0.2) is 27.4 Å². The molecule has 0 saturated heterocycles. The standard InChI is InChI=1S/C30H30N2O4/c33-27-20-26(32-19-18-28(34)31-29(32)35)17-16-22(27)21-36-30(23-10-4-1-5-11-23,24-12-6-2-7-13-24)25-14-8-3-9-15-25/h1-15,18-19,22,26-27,33H,16-17,20-21H2,(H,31,34,35)/t22-,26-,27+/m1/s1. The molecule has 0 aliphatic heterocycles. The van der Waals surface area contributed by atoms with Gasteiger partial charge in [-0.05, 0) is 36.0 Å². The van der Waals surface area contributed by atoms with Crippen LogP contribution >= 0.6 is 0 Å². The molecular weight excluding hydrogens is 452 g/mol. The zero-order chi connectivity index (χ0) is 25.0. The monoisotopic (exact) mass is 482 g/mol. The highest BCUT2D eigenvalue weighted by molar-refractivity contribution is 5.47. The van der Waals surface area contributed by atoms with Crippen molar-refractivity contribution in [1.82, 2.24) is 9.55 Å². The Morgan fingerprint density at radius 1 is 0.806 bits per heavy atom. The summed E-state index contributed by atoms with van der Waals surface area (Å²) in [6, 6.07) is 31.7. The van der Waals surface area contributed by atoms with Crippen molar-refractivity contribution in [1.29, 1.82) is 0 Å². The highest BCUT2D eigenvalue weighted by atomic mass is 16.5. The number of nitrogens with one attached hydrogen (secondary N) is 1. The number of nitrogens with zero attached hydrogens (tertiary/aromatic N) is 1. The molecule has 0 spiro atoms. The van der Waals surface area contributed by atoms with Crippen molar-refractivity contribution < 1.29 is 9.84 Å². The number of benzene rings is 3. The number of aliphatic hydroxyl groups excluding tert-OH is 1. The van der Waals surface area contributed by atoms with E-state index in [-0.39, 0.29) is 12.0 Å². The van der Waals surface area contributed by atoms with Gasteiger partial charge in [-0.1, -0.05) is 91.0 Å². The van der Waals surface area contributed by atoms with E-state index in [0.29, 0.717) is 25.9 Å². The molecule has 6 nitrogen and oxygen atoms in total. The average Bonchev–Trinajstić information content (AvgIpc) is 2.92. The van der Waals surface area contributed by atoms with Gasteiger partial charge in [0.2, 0.25) is 0 Å². The van der Waals surface area contributed by atoms with Crippen LogP contribution in [0, 0.1) is 5.92 Å². The van der Waals surface area contributed by atoms with Crippen LogP contribution in [0.3, 0.4) is 0 Å². The molecule has 0 radical (unpaired) electrons. The largest absolute Gasteiger partial charge is 0.393 e. The average molecular weight is 483 g/mol. The Morgan fingerprint density at radius 3 is 1.81 bits per heavy atom. The number of aromatic amines is 1. The fourth-order valence-corrected chi connectivity index (χ4v) is 5.35. The first-order valence-electron chi connectivity index (χ1n) is 12.4. The SMILES string of the molecule is O=c1ccn([C@@H]2CC[C@H](COC(c3ccccc3)(c3ccccc3)c3ccccc3)[C@@H](O)C2)c(=O)[nH]1. The molecule has 184 valence electrons. The van der Waals surface area contributed by atoms with Gasteiger partial charge in [-0.25, -0.2) is 4.79 Å². The van der Waals surface area contributed by atoms with E-state index >= 15 is 0 Å². The fourth-order valence-electron chi connectivity index (χ4n) is 5.35. The number of hydrogen-bond donors (Lipinski definition) is 2. The van der Waals surface area contributed by atoms with Gasteiger partial charge in [-0.3, -0.25) is 14.3 Å². The van der Waals surface area contributed by atoms with E-state index in [9.17, 15) is 14.7 Å². The van der Waals surface area contributed by atoms with Crippen LogP contribution in [0.4, 0.5) is 0 Å². The minimum absolute atomic E-state index is 0.0878. The van der Waals surface area contributed by atoms with Crippen molar-refractivity contribution in [2.75, 3.05) is 6.61 Å². The van der Waals surface area contributed by atoms with Crippen LogP contribution < -0.4 is 11.2 Å². The van der Waals surface area contributed by atoms with Crippen molar-refractivity contribution in [3.8, 4) is 0 Å². The van der Waals surface area contributed by atoms with Gasteiger partial charge in [-0.2, -0.15) is 0 Å². The number of H-pyrrole nitrogens is 1. The molecule has 1 aromatic heterocycles. The second kappa shape index (κ2) is 10.5. The molecule has 1 heterocycles. The third kappa shape index (κ3) is 4.70. The summed E-state index contributed by atoms with van der Waals surface area (Å²) in [4.78, 5) is 26.0. The Kier molecular flexibility index (Phi) is 6.98. The van der Waals surface area contributed by atoms with Crippen LogP contribution in [0.2, 0.25) is 0 Å². The third-order valence-electron chi connectivity index (χ3n) is 7.23. The molecular formula is C30H30N2O4. The summed E-state index contributed by atoms with van der Waals surface area (Å²) in [5.41, 5.74) is 1.36. The van der Waals surface area contributed by atoms with Gasteiger partial charge in [0.1, 0.15) is 5.60 Å². The van der Waals surface area contributed by atoms with E-state index in [1.54, 1.807) is 0 Å². The molecule has 3 atom stereocenters. The number of hydrogen-bond acceptors (Lipinski definition) is 4. The lowest BCUT2D eigenvalue weighted by Crippen LogP contribution is -2.41. The highest BCUT2D eigenvalue weighted by Crippen LogP contribution is 2.42. The normalized spacial score (nSPS) is 20.2. The second-order valence-electron chi connectivity index (χ2n) is 9.40. The molecule has 4 aromatic rings. The molecule has 0 amide bonds. The minimum atomic E-state index is -0.837. The number of aromatic nitrogens is 2. The van der Waals surface area contributed by atoms with E-state index in [1.165, 1.54) is 16.8 Å². The van der Waals surface area contributed by atoms with Gasteiger partial charge in [-0.15, -0.1) is 0 Å². The Labute approximate surface area is 209 Å². The van der Waals surface area contributed by atoms with Crippen LogP contribution in [-0.2, 0) is 10.3 Å². The fraction of sp³-hybridized carbons (Fsp3) is 0.267. The molecule has 1 fully saturated rings. The van der Waals surface area contributed by atoms with Crippen molar-refractivity contribution in [3.63, 3.8) is 0 Å². The van der Waals surface area contributed by atoms with E-state index in [2.05, 4.69) is 41.4 Å². The van der Waals surface area contributed by atoms with Crippen LogP contribution in [0.1, 0.15) is 42.0 Å². The summed E-state index contributed by atoms with van der Waals surface area (Å²) in [6.45, 7) is 0.354. The van der Waals surface area contributed by atoms with E-state index < -0.39 is 23.0 Å². The van der Waals surface area contributed by atoms with Crippen molar-refractivity contribution in [2.45, 2.75) is 37.0 Å². The molecule has 2 N–H and O–H groups in total. The topological polar surface area (TPSA) is 84.3 Å². The minimum Gasteiger partial charge on any atom is -0.393 e. The summed E-state index contributed by atoms with van der Waals surface area (Å²) in [5, 5.41) is 11.1. The van der Waals surface area contributed by atoms with E-state index in [4.69, 9.17) is 4.74 Å². The summed E-state index contributed by atoms with van der Waals surface area (Å²) < 4.78 is 8.42. The van der Waals surface area contributed by atoms with Gasteiger partial charge in [0.15, 0.2) is 0 Å². The first-order chi connectivity index (χ1) is 17.6. The zero-order valence-corrected chi connectivity index (χ0v) is 20.0. The predicted molar refractivity (Wildman–Crippen MR) is 139 cm³/mol. The Hall–Kier alpha value is -3.74. The summed E-state index contributed by atoms with van der Waals surface area (Å²) in [6.07, 6.45) is 2.72. The van der Waals surface area contributed by atoms with Gasteiger partial charge < -0.3 is 9.84 Å². The molecule has 1 saturated carbocycles. The first kappa shape index (κ1) is 24.0. The van der Waals surface area contributed by atoms with E-state index in [1.807, 2.05) is 54.6 Å². The lowest BCUT2D eigenvalue weighted by atomic mass is 9.79.